The molecule has 0 saturated carbocycles. The highest BCUT2D eigenvalue weighted by Crippen LogP contribution is 2.20. The molecule has 15 heavy (non-hydrogen) atoms. The monoisotopic (exact) mass is 221 g/mol. The number of hydrogen-bond acceptors (Lipinski definition) is 3. The Hall–Kier alpha value is -1.03. The zero-order valence-electron chi connectivity index (χ0n) is 9.48. The highest BCUT2D eigenvalue weighted by atomic mass is 32.2. The van der Waals surface area contributed by atoms with Crippen molar-refractivity contribution in [2.24, 2.45) is 0 Å². The Labute approximate surface area is 93.9 Å². The quantitative estimate of drug-likeness (QED) is 0.577. The van der Waals surface area contributed by atoms with E-state index in [9.17, 15) is 0 Å². The molecular formula is C11H15N3S. The molecular weight excluding hydrogens is 206 g/mol. The minimum atomic E-state index is 0.458. The Morgan fingerprint density at radius 3 is 2.67 bits per heavy atom. The van der Waals surface area contributed by atoms with Crippen molar-refractivity contribution in [2.75, 3.05) is 6.26 Å². The molecule has 0 radical (unpaired) electrons. The maximum absolute atomic E-state index is 4.56. The summed E-state index contributed by atoms with van der Waals surface area (Å²) in [4.78, 5) is 4.46. The third-order valence-corrected chi connectivity index (χ3v) is 2.97. The molecule has 0 aliphatic rings. The van der Waals surface area contributed by atoms with Gasteiger partial charge in [0.15, 0.2) is 5.16 Å². The minimum absolute atomic E-state index is 0.458. The molecule has 0 N–H and O–H groups in total. The second kappa shape index (κ2) is 3.85. The highest BCUT2D eigenvalue weighted by molar-refractivity contribution is 7.98. The lowest BCUT2D eigenvalue weighted by atomic mass is 10.1. The van der Waals surface area contributed by atoms with Crippen LogP contribution in [0.25, 0.3) is 5.52 Å². The van der Waals surface area contributed by atoms with Crippen LogP contribution in [-0.2, 0) is 0 Å². The van der Waals surface area contributed by atoms with Gasteiger partial charge < -0.3 is 0 Å². The van der Waals surface area contributed by atoms with E-state index in [1.165, 1.54) is 0 Å². The van der Waals surface area contributed by atoms with Crippen molar-refractivity contribution in [3.63, 3.8) is 0 Å². The number of fused-ring (bicyclic) bond motifs is 1. The molecule has 2 rings (SSSR count). The molecule has 0 spiro atoms. The molecule has 0 atom stereocenters. The minimum Gasteiger partial charge on any atom is -0.228 e. The van der Waals surface area contributed by atoms with Crippen LogP contribution >= 0.6 is 11.8 Å². The Bertz CT molecular complexity index is 488. The third kappa shape index (κ3) is 1.86. The van der Waals surface area contributed by atoms with Gasteiger partial charge in [0.25, 0.3) is 0 Å². The van der Waals surface area contributed by atoms with E-state index in [4.69, 9.17) is 0 Å². The van der Waals surface area contributed by atoms with Gasteiger partial charge in [-0.1, -0.05) is 25.6 Å². The van der Waals surface area contributed by atoms with E-state index in [0.717, 1.165) is 22.1 Å². The van der Waals surface area contributed by atoms with E-state index >= 15 is 0 Å². The Morgan fingerprint density at radius 2 is 2.07 bits per heavy atom. The van der Waals surface area contributed by atoms with Crippen LogP contribution in [0.4, 0.5) is 0 Å². The maximum atomic E-state index is 4.56. The topological polar surface area (TPSA) is 30.2 Å². The molecule has 0 unspecified atom stereocenters. The van der Waals surface area contributed by atoms with E-state index in [2.05, 4.69) is 36.1 Å². The number of aromatic nitrogens is 3. The summed E-state index contributed by atoms with van der Waals surface area (Å²) in [5, 5.41) is 5.51. The summed E-state index contributed by atoms with van der Waals surface area (Å²) in [6.45, 7) is 6.32. The second-order valence-corrected chi connectivity index (χ2v) is 4.72. The zero-order valence-corrected chi connectivity index (χ0v) is 10.3. The summed E-state index contributed by atoms with van der Waals surface area (Å²) in [6, 6.07) is 4.21. The van der Waals surface area contributed by atoms with Gasteiger partial charge in [0, 0.05) is 5.69 Å². The molecule has 2 aromatic heterocycles. The summed E-state index contributed by atoms with van der Waals surface area (Å²) < 4.78 is 1.92. The zero-order chi connectivity index (χ0) is 11.0. The Balaban J connectivity index is 2.68. The normalized spacial score (nSPS) is 11.5. The van der Waals surface area contributed by atoms with Crippen molar-refractivity contribution in [3.05, 3.63) is 23.5 Å². The van der Waals surface area contributed by atoms with Gasteiger partial charge in [-0.05, 0) is 31.2 Å². The molecule has 2 aromatic rings. The first-order chi connectivity index (χ1) is 7.11. The highest BCUT2D eigenvalue weighted by Gasteiger charge is 2.09. The van der Waals surface area contributed by atoms with E-state index in [0.29, 0.717) is 5.92 Å². The first-order valence-electron chi connectivity index (χ1n) is 5.03. The summed E-state index contributed by atoms with van der Waals surface area (Å²) in [5.74, 6) is 0.458. The van der Waals surface area contributed by atoms with Gasteiger partial charge in [0.05, 0.1) is 11.2 Å². The lowest BCUT2D eigenvalue weighted by molar-refractivity contribution is 0.731. The van der Waals surface area contributed by atoms with Crippen molar-refractivity contribution in [1.82, 2.24) is 14.6 Å². The van der Waals surface area contributed by atoms with Gasteiger partial charge >= 0.3 is 0 Å². The molecule has 0 aliphatic carbocycles. The molecule has 0 fully saturated rings. The largest absolute Gasteiger partial charge is 0.228 e. The number of hydrogen-bond donors (Lipinski definition) is 0. The van der Waals surface area contributed by atoms with Crippen molar-refractivity contribution in [2.45, 2.75) is 31.8 Å². The molecule has 0 saturated heterocycles. The van der Waals surface area contributed by atoms with Gasteiger partial charge in [0.2, 0.25) is 0 Å². The average molecular weight is 221 g/mol. The van der Waals surface area contributed by atoms with Crippen molar-refractivity contribution < 1.29 is 0 Å². The van der Waals surface area contributed by atoms with Crippen LogP contribution in [0, 0.1) is 6.92 Å². The van der Waals surface area contributed by atoms with Crippen LogP contribution in [0.15, 0.2) is 17.3 Å². The average Bonchev–Trinajstić information content (AvgIpc) is 2.59. The van der Waals surface area contributed by atoms with E-state index in [1.807, 2.05) is 17.7 Å². The van der Waals surface area contributed by atoms with Crippen molar-refractivity contribution in [1.29, 1.82) is 0 Å². The summed E-state index contributed by atoms with van der Waals surface area (Å²) >= 11 is 1.63. The fraction of sp³-hybridized carbons (Fsp3) is 0.455. The van der Waals surface area contributed by atoms with Crippen LogP contribution in [0.2, 0.25) is 0 Å². The molecule has 0 amide bonds. The van der Waals surface area contributed by atoms with Gasteiger partial charge in [-0.25, -0.2) is 9.50 Å². The van der Waals surface area contributed by atoms with Gasteiger partial charge in [-0.15, -0.1) is 0 Å². The predicted molar refractivity (Wildman–Crippen MR) is 63.6 cm³/mol. The fourth-order valence-corrected chi connectivity index (χ4v) is 2.08. The van der Waals surface area contributed by atoms with Crippen molar-refractivity contribution >= 4 is 17.3 Å². The number of aryl methyl sites for hydroxylation is 1. The Kier molecular flexibility index (Phi) is 2.69. The Morgan fingerprint density at radius 1 is 1.33 bits per heavy atom. The fourth-order valence-electron chi connectivity index (χ4n) is 1.53. The molecule has 80 valence electrons. The van der Waals surface area contributed by atoms with E-state index < -0.39 is 0 Å². The van der Waals surface area contributed by atoms with Crippen LogP contribution < -0.4 is 0 Å². The maximum Gasteiger partial charge on any atom is 0.189 e. The molecule has 0 bridgehead atoms. The third-order valence-electron chi connectivity index (χ3n) is 2.34. The van der Waals surface area contributed by atoms with E-state index in [1.54, 1.807) is 11.8 Å². The summed E-state index contributed by atoms with van der Waals surface area (Å²) in [6.07, 6.45) is 2.03. The molecule has 3 nitrogen and oxygen atoms in total. The SMILES string of the molecule is CSc1nc(C)cc2cc(C(C)C)nn12. The predicted octanol–water partition coefficient (Wildman–Crippen LogP) is 2.88. The lowest BCUT2D eigenvalue weighted by Crippen LogP contribution is -1.98. The molecule has 4 heteroatoms. The van der Waals surface area contributed by atoms with Crippen molar-refractivity contribution in [3.8, 4) is 0 Å². The van der Waals surface area contributed by atoms with Crippen LogP contribution in [0.1, 0.15) is 31.2 Å². The van der Waals surface area contributed by atoms with Crippen LogP contribution in [0.5, 0.6) is 0 Å². The van der Waals surface area contributed by atoms with Crippen LogP contribution in [-0.4, -0.2) is 20.9 Å². The number of nitrogens with zero attached hydrogens (tertiary/aromatic N) is 3. The molecule has 2 heterocycles. The first kappa shape index (κ1) is 10.5. The standard InChI is InChI=1S/C11H15N3S/c1-7(2)10-6-9-5-8(3)12-11(15-4)14(9)13-10/h5-7H,1-4H3. The lowest BCUT2D eigenvalue weighted by Gasteiger charge is -2.01. The first-order valence-corrected chi connectivity index (χ1v) is 6.25. The van der Waals surface area contributed by atoms with Gasteiger partial charge in [-0.2, -0.15) is 5.10 Å². The van der Waals surface area contributed by atoms with Gasteiger partial charge in [0.1, 0.15) is 0 Å². The molecule has 0 aliphatic heterocycles. The van der Waals surface area contributed by atoms with E-state index in [-0.39, 0.29) is 0 Å². The van der Waals surface area contributed by atoms with Crippen LogP contribution in [0.3, 0.4) is 0 Å². The summed E-state index contributed by atoms with van der Waals surface area (Å²) in [5.41, 5.74) is 3.30. The number of thioether (sulfide) groups is 1. The summed E-state index contributed by atoms with van der Waals surface area (Å²) in [7, 11) is 0. The number of rotatable bonds is 2. The smallest absolute Gasteiger partial charge is 0.189 e. The molecule has 0 aromatic carbocycles. The van der Waals surface area contributed by atoms with Gasteiger partial charge in [-0.3, -0.25) is 0 Å². The second-order valence-electron chi connectivity index (χ2n) is 3.94.